The van der Waals surface area contributed by atoms with Crippen molar-refractivity contribution >= 4 is 57.7 Å². The van der Waals surface area contributed by atoms with E-state index in [0.29, 0.717) is 32.0 Å². The molecule has 2 N–H and O–H groups in total. The van der Waals surface area contributed by atoms with Gasteiger partial charge in [-0.2, -0.15) is 0 Å². The van der Waals surface area contributed by atoms with Crippen LogP contribution in [0.15, 0.2) is 60.0 Å². The van der Waals surface area contributed by atoms with E-state index in [9.17, 15) is 9.59 Å². The average Bonchev–Trinajstić information content (AvgIpc) is 3.18. The average molecular weight is 421 g/mol. The number of carbonyl (C=O) groups excluding carboxylic acids is 2. The molecular weight excluding hydrogens is 407 g/mol. The Bertz CT molecular complexity index is 961. The van der Waals surface area contributed by atoms with Gasteiger partial charge in [-0.1, -0.05) is 35.3 Å². The predicted octanol–water partition coefficient (Wildman–Crippen LogP) is 5.32. The molecule has 0 aliphatic heterocycles. The minimum Gasteiger partial charge on any atom is -0.482 e. The largest absolute Gasteiger partial charge is 0.482 e. The van der Waals surface area contributed by atoms with Gasteiger partial charge in [0, 0.05) is 22.5 Å². The van der Waals surface area contributed by atoms with E-state index in [1.54, 1.807) is 42.5 Å². The molecule has 138 valence electrons. The fraction of sp³-hybridized carbons (Fsp3) is 0.0526. The van der Waals surface area contributed by atoms with Gasteiger partial charge in [0.05, 0.1) is 9.90 Å². The van der Waals surface area contributed by atoms with E-state index < -0.39 is 0 Å². The highest BCUT2D eigenvalue weighted by molar-refractivity contribution is 7.12. The van der Waals surface area contributed by atoms with E-state index in [2.05, 4.69) is 10.6 Å². The van der Waals surface area contributed by atoms with Crippen LogP contribution in [0.25, 0.3) is 0 Å². The molecule has 1 aromatic heterocycles. The maximum atomic E-state index is 12.1. The van der Waals surface area contributed by atoms with Crippen LogP contribution in [0.3, 0.4) is 0 Å². The highest BCUT2D eigenvalue weighted by Crippen LogP contribution is 2.27. The van der Waals surface area contributed by atoms with Crippen LogP contribution in [-0.2, 0) is 4.79 Å². The monoisotopic (exact) mass is 420 g/mol. The minimum absolute atomic E-state index is 0.201. The third-order valence-corrected chi connectivity index (χ3v) is 4.82. The molecule has 0 saturated carbocycles. The molecular formula is C19H14Cl2N2O3S. The van der Waals surface area contributed by atoms with Gasteiger partial charge >= 0.3 is 0 Å². The summed E-state index contributed by atoms with van der Waals surface area (Å²) in [5.41, 5.74) is 1.11. The van der Waals surface area contributed by atoms with Crippen LogP contribution in [0.4, 0.5) is 11.4 Å². The SMILES string of the molecule is O=C(COc1cc(Cl)ccc1Cl)Nc1cccc(NC(=O)c2cccs2)c1. The number of benzene rings is 2. The summed E-state index contributed by atoms with van der Waals surface area (Å²) in [4.78, 5) is 24.8. The molecule has 8 heteroatoms. The van der Waals surface area contributed by atoms with E-state index in [-0.39, 0.29) is 18.4 Å². The number of anilines is 2. The molecule has 0 aliphatic rings. The molecule has 5 nitrogen and oxygen atoms in total. The molecule has 1 heterocycles. The van der Waals surface area contributed by atoms with Gasteiger partial charge in [-0.15, -0.1) is 11.3 Å². The summed E-state index contributed by atoms with van der Waals surface area (Å²) in [7, 11) is 0. The zero-order chi connectivity index (χ0) is 19.2. The number of ether oxygens (including phenoxy) is 1. The molecule has 0 atom stereocenters. The summed E-state index contributed by atoms with van der Waals surface area (Å²) in [6, 6.07) is 15.2. The van der Waals surface area contributed by atoms with Crippen LogP contribution < -0.4 is 15.4 Å². The van der Waals surface area contributed by atoms with Crippen molar-refractivity contribution in [3.63, 3.8) is 0 Å². The molecule has 0 radical (unpaired) electrons. The lowest BCUT2D eigenvalue weighted by Crippen LogP contribution is -2.20. The summed E-state index contributed by atoms with van der Waals surface area (Å²) in [6.45, 7) is -0.230. The third-order valence-electron chi connectivity index (χ3n) is 3.40. The maximum Gasteiger partial charge on any atom is 0.265 e. The Morgan fingerprint density at radius 3 is 2.48 bits per heavy atom. The Morgan fingerprint density at radius 2 is 1.74 bits per heavy atom. The highest BCUT2D eigenvalue weighted by Gasteiger charge is 2.09. The Labute approximate surface area is 169 Å². The van der Waals surface area contributed by atoms with Crippen LogP contribution in [0.2, 0.25) is 10.0 Å². The van der Waals surface area contributed by atoms with Crippen molar-refractivity contribution in [1.82, 2.24) is 0 Å². The summed E-state index contributed by atoms with van der Waals surface area (Å²) in [5, 5.41) is 8.15. The number of rotatable bonds is 6. The lowest BCUT2D eigenvalue weighted by Gasteiger charge is -2.10. The number of hydrogen-bond acceptors (Lipinski definition) is 4. The lowest BCUT2D eigenvalue weighted by molar-refractivity contribution is -0.118. The predicted molar refractivity (Wildman–Crippen MR) is 109 cm³/mol. The second-order valence-electron chi connectivity index (χ2n) is 5.42. The van der Waals surface area contributed by atoms with Crippen molar-refractivity contribution in [2.75, 3.05) is 17.2 Å². The van der Waals surface area contributed by atoms with Gasteiger partial charge in [-0.3, -0.25) is 9.59 Å². The molecule has 0 aliphatic carbocycles. The number of thiophene rings is 1. The zero-order valence-electron chi connectivity index (χ0n) is 13.9. The van der Waals surface area contributed by atoms with Crippen molar-refractivity contribution in [1.29, 1.82) is 0 Å². The van der Waals surface area contributed by atoms with Gasteiger partial charge in [0.1, 0.15) is 5.75 Å². The fourth-order valence-electron chi connectivity index (χ4n) is 2.20. The van der Waals surface area contributed by atoms with Crippen LogP contribution in [-0.4, -0.2) is 18.4 Å². The summed E-state index contributed by atoms with van der Waals surface area (Å²) in [5.74, 6) is -0.239. The normalized spacial score (nSPS) is 10.3. The molecule has 0 unspecified atom stereocenters. The quantitative estimate of drug-likeness (QED) is 0.566. The van der Waals surface area contributed by atoms with Crippen LogP contribution >= 0.6 is 34.5 Å². The Hall–Kier alpha value is -2.54. The smallest absolute Gasteiger partial charge is 0.265 e. The molecule has 0 fully saturated rings. The van der Waals surface area contributed by atoms with Crippen molar-refractivity contribution in [2.45, 2.75) is 0 Å². The first-order valence-corrected chi connectivity index (χ1v) is 9.47. The Kier molecular flexibility index (Phi) is 6.34. The summed E-state index contributed by atoms with van der Waals surface area (Å²) in [6.07, 6.45) is 0. The van der Waals surface area contributed by atoms with Crippen molar-refractivity contribution in [3.8, 4) is 5.75 Å². The van der Waals surface area contributed by atoms with Gasteiger partial charge in [0.2, 0.25) is 0 Å². The fourth-order valence-corrected chi connectivity index (χ4v) is 3.16. The van der Waals surface area contributed by atoms with Crippen LogP contribution in [0.1, 0.15) is 9.67 Å². The maximum absolute atomic E-state index is 12.1. The van der Waals surface area contributed by atoms with Gasteiger partial charge in [0.25, 0.3) is 11.8 Å². The van der Waals surface area contributed by atoms with Crippen molar-refractivity contribution < 1.29 is 14.3 Å². The van der Waals surface area contributed by atoms with Gasteiger partial charge < -0.3 is 15.4 Å². The molecule has 3 aromatic rings. The first-order valence-electron chi connectivity index (χ1n) is 7.84. The first kappa shape index (κ1) is 19.2. The minimum atomic E-state index is -0.368. The molecule has 2 amide bonds. The molecule has 0 saturated heterocycles. The number of hydrogen-bond donors (Lipinski definition) is 2. The third kappa shape index (κ3) is 5.47. The lowest BCUT2D eigenvalue weighted by atomic mass is 10.2. The van der Waals surface area contributed by atoms with E-state index in [4.69, 9.17) is 27.9 Å². The molecule has 27 heavy (non-hydrogen) atoms. The molecule has 3 rings (SSSR count). The van der Waals surface area contributed by atoms with Crippen LogP contribution in [0.5, 0.6) is 5.75 Å². The van der Waals surface area contributed by atoms with Gasteiger partial charge in [-0.05, 0) is 41.8 Å². The number of halogens is 2. The van der Waals surface area contributed by atoms with Crippen molar-refractivity contribution in [3.05, 3.63) is 74.9 Å². The highest BCUT2D eigenvalue weighted by atomic mass is 35.5. The molecule has 0 spiro atoms. The summed E-state index contributed by atoms with van der Waals surface area (Å²) < 4.78 is 5.40. The van der Waals surface area contributed by atoms with E-state index in [1.165, 1.54) is 17.4 Å². The van der Waals surface area contributed by atoms with E-state index in [0.717, 1.165) is 0 Å². The van der Waals surface area contributed by atoms with E-state index in [1.807, 2.05) is 11.4 Å². The second kappa shape index (κ2) is 8.90. The number of carbonyl (C=O) groups is 2. The topological polar surface area (TPSA) is 67.4 Å². The Morgan fingerprint density at radius 1 is 0.963 bits per heavy atom. The summed E-state index contributed by atoms with van der Waals surface area (Å²) >= 11 is 13.2. The van der Waals surface area contributed by atoms with Crippen molar-refractivity contribution in [2.24, 2.45) is 0 Å². The Balaban J connectivity index is 1.58. The number of amides is 2. The van der Waals surface area contributed by atoms with Gasteiger partial charge in [-0.25, -0.2) is 0 Å². The van der Waals surface area contributed by atoms with Crippen LogP contribution in [0, 0.1) is 0 Å². The molecule has 2 aromatic carbocycles. The zero-order valence-corrected chi connectivity index (χ0v) is 16.2. The second-order valence-corrected chi connectivity index (χ2v) is 7.22. The standard InChI is InChI=1S/C19H14Cl2N2O3S/c20-12-6-7-15(21)16(9-12)26-11-18(24)22-13-3-1-4-14(10-13)23-19(25)17-5-2-8-27-17/h1-10H,11H2,(H,22,24)(H,23,25). The number of nitrogens with one attached hydrogen (secondary N) is 2. The van der Waals surface area contributed by atoms with Gasteiger partial charge in [0.15, 0.2) is 6.61 Å². The first-order chi connectivity index (χ1) is 13.0. The van der Waals surface area contributed by atoms with E-state index >= 15 is 0 Å². The molecule has 0 bridgehead atoms.